The lowest BCUT2D eigenvalue weighted by Gasteiger charge is -2.36. The van der Waals surface area contributed by atoms with Crippen molar-refractivity contribution < 1.29 is 4.52 Å². The second kappa shape index (κ2) is 8.87. The predicted molar refractivity (Wildman–Crippen MR) is 110 cm³/mol. The third-order valence-corrected chi connectivity index (χ3v) is 5.12. The van der Waals surface area contributed by atoms with Gasteiger partial charge in [-0.2, -0.15) is 0 Å². The fourth-order valence-corrected chi connectivity index (χ4v) is 3.56. The molecule has 3 aromatic heterocycles. The van der Waals surface area contributed by atoms with Crippen molar-refractivity contribution in [2.75, 3.05) is 33.2 Å². The van der Waals surface area contributed by atoms with E-state index in [-0.39, 0.29) is 0 Å². The number of imidazole rings is 1. The molecule has 0 amide bonds. The van der Waals surface area contributed by atoms with Crippen LogP contribution in [0.15, 0.2) is 52.6 Å². The zero-order valence-electron chi connectivity index (χ0n) is 16.8. The van der Waals surface area contributed by atoms with Gasteiger partial charge in [-0.05, 0) is 13.0 Å². The van der Waals surface area contributed by atoms with Crippen molar-refractivity contribution >= 4 is 5.96 Å². The molecule has 1 N–H and O–H groups in total. The van der Waals surface area contributed by atoms with Gasteiger partial charge in [-0.15, -0.1) is 0 Å². The average Bonchev–Trinajstić information content (AvgIpc) is 3.41. The fourth-order valence-electron chi connectivity index (χ4n) is 3.56. The maximum atomic E-state index is 4.92. The first-order chi connectivity index (χ1) is 14.2. The normalized spacial score (nSPS) is 15.7. The molecule has 0 spiro atoms. The van der Waals surface area contributed by atoms with Crippen molar-refractivity contribution in [3.8, 4) is 5.82 Å². The minimum absolute atomic E-state index is 0.645. The lowest BCUT2D eigenvalue weighted by Crippen LogP contribution is -2.52. The highest BCUT2D eigenvalue weighted by Gasteiger charge is 2.20. The smallest absolute Gasteiger partial charge is 0.194 e. The summed E-state index contributed by atoms with van der Waals surface area (Å²) >= 11 is 0. The van der Waals surface area contributed by atoms with E-state index in [1.165, 1.54) is 0 Å². The maximum absolute atomic E-state index is 4.92. The minimum atomic E-state index is 0.645. The SMILES string of the molecule is CN=C(NCc1cccnc1-n1ccnc1C)N1CCN(Cc2ccon2)CC1. The van der Waals surface area contributed by atoms with Gasteiger partial charge in [0.25, 0.3) is 0 Å². The Balaban J connectivity index is 1.36. The Bertz CT molecular complexity index is 941. The first-order valence-electron chi connectivity index (χ1n) is 9.76. The molecular weight excluding hydrogens is 368 g/mol. The molecule has 3 aromatic rings. The molecule has 0 radical (unpaired) electrons. The van der Waals surface area contributed by atoms with E-state index in [1.54, 1.807) is 18.7 Å². The highest BCUT2D eigenvalue weighted by atomic mass is 16.5. The molecule has 152 valence electrons. The molecule has 0 bridgehead atoms. The van der Waals surface area contributed by atoms with Crippen LogP contribution in [0, 0.1) is 6.92 Å². The van der Waals surface area contributed by atoms with Gasteiger partial charge in [0, 0.05) is 76.5 Å². The molecule has 0 saturated carbocycles. The van der Waals surface area contributed by atoms with E-state index in [4.69, 9.17) is 4.52 Å². The van der Waals surface area contributed by atoms with Gasteiger partial charge < -0.3 is 14.7 Å². The molecule has 4 rings (SSSR count). The first-order valence-corrected chi connectivity index (χ1v) is 9.76. The number of guanidine groups is 1. The summed E-state index contributed by atoms with van der Waals surface area (Å²) in [4.78, 5) is 18.0. The van der Waals surface area contributed by atoms with Crippen LogP contribution >= 0.6 is 0 Å². The van der Waals surface area contributed by atoms with E-state index in [2.05, 4.69) is 41.3 Å². The van der Waals surface area contributed by atoms with Crippen LogP contribution < -0.4 is 5.32 Å². The van der Waals surface area contributed by atoms with Crippen molar-refractivity contribution in [1.29, 1.82) is 0 Å². The van der Waals surface area contributed by atoms with E-state index in [9.17, 15) is 0 Å². The summed E-state index contributed by atoms with van der Waals surface area (Å²) in [6.07, 6.45) is 7.15. The largest absolute Gasteiger partial charge is 0.364 e. The Morgan fingerprint density at radius 1 is 1.17 bits per heavy atom. The molecule has 0 aliphatic carbocycles. The summed E-state index contributed by atoms with van der Waals surface area (Å²) in [5.74, 6) is 2.71. The minimum Gasteiger partial charge on any atom is -0.364 e. The third kappa shape index (κ3) is 4.45. The van der Waals surface area contributed by atoms with Crippen molar-refractivity contribution in [3.63, 3.8) is 0 Å². The maximum Gasteiger partial charge on any atom is 0.194 e. The summed E-state index contributed by atoms with van der Waals surface area (Å²) in [5.41, 5.74) is 2.07. The molecule has 4 heterocycles. The molecule has 0 aromatic carbocycles. The quantitative estimate of drug-likeness (QED) is 0.518. The van der Waals surface area contributed by atoms with Gasteiger partial charge >= 0.3 is 0 Å². The molecule has 1 aliphatic heterocycles. The second-order valence-electron chi connectivity index (χ2n) is 6.99. The van der Waals surface area contributed by atoms with Crippen molar-refractivity contribution in [2.45, 2.75) is 20.0 Å². The summed E-state index contributed by atoms with van der Waals surface area (Å²) in [7, 11) is 1.83. The van der Waals surface area contributed by atoms with E-state index >= 15 is 0 Å². The number of rotatable bonds is 5. The van der Waals surface area contributed by atoms with Crippen molar-refractivity contribution in [3.05, 3.63) is 60.1 Å². The van der Waals surface area contributed by atoms with Crippen LogP contribution in [0.4, 0.5) is 0 Å². The van der Waals surface area contributed by atoms with Crippen LogP contribution in [0.25, 0.3) is 5.82 Å². The summed E-state index contributed by atoms with van der Waals surface area (Å²) < 4.78 is 6.93. The van der Waals surface area contributed by atoms with Gasteiger partial charge in [0.1, 0.15) is 17.9 Å². The lowest BCUT2D eigenvalue weighted by molar-refractivity contribution is 0.169. The molecule has 0 unspecified atom stereocenters. The van der Waals surface area contributed by atoms with Gasteiger partial charge in [0.15, 0.2) is 5.96 Å². The Kier molecular flexibility index (Phi) is 5.85. The van der Waals surface area contributed by atoms with Gasteiger partial charge in [0.05, 0.1) is 5.69 Å². The Morgan fingerprint density at radius 2 is 2.03 bits per heavy atom. The zero-order valence-corrected chi connectivity index (χ0v) is 16.8. The summed E-state index contributed by atoms with van der Waals surface area (Å²) in [5, 5.41) is 7.49. The standard InChI is InChI=1S/C20H26N8O/c1-16-22-7-8-28(16)19-17(4-3-6-23-19)14-24-20(21-2)27-11-9-26(10-12-27)15-18-5-13-29-25-18/h3-8,13H,9-12,14-15H2,1-2H3,(H,21,24). The number of aliphatic imine (C=N–C) groups is 1. The van der Waals surface area contributed by atoms with Crippen LogP contribution in [0.5, 0.6) is 0 Å². The van der Waals surface area contributed by atoms with E-state index in [0.717, 1.165) is 61.6 Å². The fraction of sp³-hybridized carbons (Fsp3) is 0.400. The number of aromatic nitrogens is 4. The van der Waals surface area contributed by atoms with E-state index in [0.29, 0.717) is 6.54 Å². The van der Waals surface area contributed by atoms with E-state index in [1.807, 2.05) is 36.9 Å². The zero-order chi connectivity index (χ0) is 20.1. The molecule has 29 heavy (non-hydrogen) atoms. The molecule has 0 atom stereocenters. The highest BCUT2D eigenvalue weighted by molar-refractivity contribution is 5.80. The van der Waals surface area contributed by atoms with Gasteiger partial charge in [-0.3, -0.25) is 14.5 Å². The molecule has 9 nitrogen and oxygen atoms in total. The lowest BCUT2D eigenvalue weighted by atomic mass is 10.2. The number of pyridine rings is 1. The first kappa shape index (κ1) is 19.1. The Hall–Kier alpha value is -3.20. The summed E-state index contributed by atoms with van der Waals surface area (Å²) in [6, 6.07) is 5.95. The Labute approximate surface area is 170 Å². The number of hydrogen-bond acceptors (Lipinski definition) is 6. The van der Waals surface area contributed by atoms with Crippen LogP contribution in [0.3, 0.4) is 0 Å². The van der Waals surface area contributed by atoms with Gasteiger partial charge in [0.2, 0.25) is 0 Å². The second-order valence-corrected chi connectivity index (χ2v) is 6.99. The van der Waals surface area contributed by atoms with Gasteiger partial charge in [-0.1, -0.05) is 11.2 Å². The topological polar surface area (TPSA) is 87.6 Å². The van der Waals surface area contributed by atoms with Crippen LogP contribution in [0.1, 0.15) is 17.1 Å². The number of piperazine rings is 1. The predicted octanol–water partition coefficient (Wildman–Crippen LogP) is 1.46. The van der Waals surface area contributed by atoms with Crippen LogP contribution in [-0.2, 0) is 13.1 Å². The molecule has 1 aliphatic rings. The number of hydrogen-bond donors (Lipinski definition) is 1. The summed E-state index contributed by atoms with van der Waals surface area (Å²) in [6.45, 7) is 7.19. The van der Waals surface area contributed by atoms with Crippen LogP contribution in [0.2, 0.25) is 0 Å². The average molecular weight is 394 g/mol. The van der Waals surface area contributed by atoms with Crippen LogP contribution in [-0.4, -0.2) is 68.7 Å². The van der Waals surface area contributed by atoms with Crippen molar-refractivity contribution in [2.24, 2.45) is 4.99 Å². The third-order valence-electron chi connectivity index (χ3n) is 5.12. The highest BCUT2D eigenvalue weighted by Crippen LogP contribution is 2.14. The van der Waals surface area contributed by atoms with Gasteiger partial charge in [-0.25, -0.2) is 9.97 Å². The van der Waals surface area contributed by atoms with Crippen molar-refractivity contribution in [1.82, 2.24) is 34.8 Å². The number of nitrogens with zero attached hydrogens (tertiary/aromatic N) is 7. The molecule has 1 fully saturated rings. The molecule has 1 saturated heterocycles. The number of aryl methyl sites for hydroxylation is 1. The monoisotopic (exact) mass is 394 g/mol. The molecule has 9 heteroatoms. The molecular formula is C20H26N8O. The van der Waals surface area contributed by atoms with E-state index < -0.39 is 0 Å². The number of nitrogens with one attached hydrogen (secondary N) is 1. The Morgan fingerprint density at radius 3 is 2.72 bits per heavy atom.